The number of benzene rings is 3. The van der Waals surface area contributed by atoms with Crippen LogP contribution in [0.2, 0.25) is 0 Å². The maximum atomic E-state index is 13.4. The first kappa shape index (κ1) is 20.9. The zero-order valence-corrected chi connectivity index (χ0v) is 18.1. The van der Waals surface area contributed by atoms with E-state index in [4.69, 9.17) is 0 Å². The van der Waals surface area contributed by atoms with Gasteiger partial charge in [0.05, 0.1) is 5.69 Å². The van der Waals surface area contributed by atoms with Crippen molar-refractivity contribution in [2.45, 2.75) is 12.8 Å². The van der Waals surface area contributed by atoms with Crippen molar-refractivity contribution in [3.05, 3.63) is 107 Å². The molecule has 0 saturated heterocycles. The summed E-state index contributed by atoms with van der Waals surface area (Å²) in [6.07, 6.45) is 1.53. The zero-order valence-electron chi connectivity index (χ0n) is 17.3. The Morgan fingerprint density at radius 3 is 2.19 bits per heavy atom. The lowest BCUT2D eigenvalue weighted by Gasteiger charge is -2.30. The highest BCUT2D eigenvalue weighted by Gasteiger charge is 2.39. The van der Waals surface area contributed by atoms with Gasteiger partial charge in [0.1, 0.15) is 0 Å². The minimum absolute atomic E-state index is 0.209. The van der Waals surface area contributed by atoms with Gasteiger partial charge in [-0.15, -0.1) is 0 Å². The van der Waals surface area contributed by atoms with Gasteiger partial charge in [-0.1, -0.05) is 78.9 Å². The van der Waals surface area contributed by atoms with Gasteiger partial charge >= 0.3 is 0 Å². The van der Waals surface area contributed by atoms with Gasteiger partial charge in [-0.25, -0.2) is 8.42 Å². The van der Waals surface area contributed by atoms with E-state index in [1.807, 2.05) is 72.8 Å². The molecular weight excluding hydrogens is 408 g/mol. The normalized spacial score (nSPS) is 14.8. The van der Waals surface area contributed by atoms with Crippen molar-refractivity contribution in [1.82, 2.24) is 5.32 Å². The number of anilines is 1. The van der Waals surface area contributed by atoms with Crippen LogP contribution in [0, 0.1) is 0 Å². The van der Waals surface area contributed by atoms with Crippen molar-refractivity contribution < 1.29 is 13.2 Å². The van der Waals surface area contributed by atoms with Crippen molar-refractivity contribution in [2.75, 3.05) is 17.9 Å². The second-order valence-electron chi connectivity index (χ2n) is 7.40. The fourth-order valence-electron chi connectivity index (χ4n) is 3.82. The highest BCUT2D eigenvalue weighted by Crippen LogP contribution is 2.41. The third-order valence-electron chi connectivity index (χ3n) is 5.40. The van der Waals surface area contributed by atoms with Crippen LogP contribution in [0.4, 0.5) is 5.69 Å². The van der Waals surface area contributed by atoms with E-state index in [9.17, 15) is 13.2 Å². The third-order valence-corrected chi connectivity index (χ3v) is 7.22. The smallest absolute Gasteiger partial charge is 0.270 e. The van der Waals surface area contributed by atoms with Crippen LogP contribution < -0.4 is 9.62 Å². The Kier molecular flexibility index (Phi) is 5.91. The second kappa shape index (κ2) is 8.78. The topological polar surface area (TPSA) is 66.5 Å². The monoisotopic (exact) mass is 432 g/mol. The van der Waals surface area contributed by atoms with Crippen molar-refractivity contribution in [3.63, 3.8) is 0 Å². The van der Waals surface area contributed by atoms with Gasteiger partial charge in [0.2, 0.25) is 0 Å². The maximum Gasteiger partial charge on any atom is 0.270 e. The quantitative estimate of drug-likeness (QED) is 0.600. The maximum absolute atomic E-state index is 13.4. The van der Waals surface area contributed by atoms with Crippen molar-refractivity contribution in [3.8, 4) is 0 Å². The van der Waals surface area contributed by atoms with E-state index in [1.54, 1.807) is 12.1 Å². The molecule has 1 aliphatic rings. The van der Waals surface area contributed by atoms with Crippen LogP contribution >= 0.6 is 0 Å². The average Bonchev–Trinajstić information content (AvgIpc) is 2.80. The molecule has 1 heterocycles. The van der Waals surface area contributed by atoms with Crippen molar-refractivity contribution in [2.24, 2.45) is 0 Å². The molecule has 4 rings (SSSR count). The van der Waals surface area contributed by atoms with Crippen LogP contribution in [0.25, 0.3) is 5.57 Å². The van der Waals surface area contributed by atoms with Gasteiger partial charge in [-0.3, -0.25) is 9.10 Å². The molecule has 3 aromatic carbocycles. The summed E-state index contributed by atoms with van der Waals surface area (Å²) in [5.74, 6) is -0.576. The fourth-order valence-corrected chi connectivity index (χ4v) is 5.30. The number of carbonyl (C=O) groups excluding carboxylic acids is 1. The molecule has 0 atom stereocenters. The summed E-state index contributed by atoms with van der Waals surface area (Å²) < 4.78 is 27.9. The summed E-state index contributed by atoms with van der Waals surface area (Å²) in [7, 11) is -2.52. The molecule has 158 valence electrons. The van der Waals surface area contributed by atoms with Gasteiger partial charge in [0.25, 0.3) is 15.9 Å². The largest absolute Gasteiger partial charge is 0.351 e. The molecule has 0 fully saturated rings. The highest BCUT2D eigenvalue weighted by molar-refractivity contribution is 7.97. The summed E-state index contributed by atoms with van der Waals surface area (Å²) in [6, 6.07) is 26.4. The van der Waals surface area contributed by atoms with Crippen molar-refractivity contribution in [1.29, 1.82) is 0 Å². The van der Waals surface area contributed by atoms with E-state index < -0.39 is 15.9 Å². The van der Waals surface area contributed by atoms with E-state index in [1.165, 1.54) is 16.9 Å². The first-order valence-corrected chi connectivity index (χ1v) is 11.6. The summed E-state index contributed by atoms with van der Waals surface area (Å²) >= 11 is 0. The van der Waals surface area contributed by atoms with E-state index in [-0.39, 0.29) is 4.91 Å². The number of hydrogen-bond donors (Lipinski definition) is 1. The summed E-state index contributed by atoms with van der Waals surface area (Å²) in [6.45, 7) is 0.389. The Labute approximate surface area is 183 Å². The Morgan fingerprint density at radius 1 is 0.871 bits per heavy atom. The minimum Gasteiger partial charge on any atom is -0.351 e. The van der Waals surface area contributed by atoms with Crippen LogP contribution in [0.1, 0.15) is 23.1 Å². The number of nitrogens with zero attached hydrogens (tertiary/aromatic N) is 1. The molecule has 0 aromatic heterocycles. The molecule has 1 aliphatic heterocycles. The number of nitrogens with one attached hydrogen (secondary N) is 1. The number of fused-ring (bicyclic) bond motifs is 1. The van der Waals surface area contributed by atoms with Crippen molar-refractivity contribution >= 4 is 27.2 Å². The van der Waals surface area contributed by atoms with Crippen LogP contribution in [0.15, 0.2) is 89.8 Å². The highest BCUT2D eigenvalue weighted by atomic mass is 32.2. The first-order chi connectivity index (χ1) is 15.0. The number of aryl methyl sites for hydroxylation is 1. The van der Waals surface area contributed by atoms with Crippen LogP contribution in [0.3, 0.4) is 0 Å². The van der Waals surface area contributed by atoms with Gasteiger partial charge in [0, 0.05) is 24.7 Å². The second-order valence-corrected chi connectivity index (χ2v) is 9.31. The Balaban J connectivity index is 1.69. The lowest BCUT2D eigenvalue weighted by molar-refractivity contribution is -0.116. The lowest BCUT2D eigenvalue weighted by atomic mass is 9.95. The van der Waals surface area contributed by atoms with E-state index in [0.29, 0.717) is 23.4 Å². The molecule has 0 saturated carbocycles. The predicted molar refractivity (Wildman–Crippen MR) is 124 cm³/mol. The number of para-hydroxylation sites is 1. The van der Waals surface area contributed by atoms with Crippen LogP contribution in [-0.2, 0) is 21.2 Å². The number of sulfonamides is 1. The van der Waals surface area contributed by atoms with Gasteiger partial charge in [0.15, 0.2) is 4.91 Å². The summed E-state index contributed by atoms with van der Waals surface area (Å²) in [4.78, 5) is 13.0. The summed E-state index contributed by atoms with van der Waals surface area (Å²) in [5, 5.41) is 2.83. The third kappa shape index (κ3) is 4.11. The van der Waals surface area contributed by atoms with E-state index >= 15 is 0 Å². The molecular formula is C25H24N2O3S. The molecule has 31 heavy (non-hydrogen) atoms. The lowest BCUT2D eigenvalue weighted by Crippen LogP contribution is -2.39. The molecule has 6 heteroatoms. The van der Waals surface area contributed by atoms with Gasteiger partial charge in [-0.2, -0.15) is 0 Å². The number of rotatable bonds is 6. The molecule has 0 spiro atoms. The molecule has 3 aromatic rings. The molecule has 1 amide bonds. The molecule has 0 unspecified atom stereocenters. The molecule has 0 bridgehead atoms. The first-order valence-electron chi connectivity index (χ1n) is 10.2. The Bertz CT molecular complexity index is 1220. The van der Waals surface area contributed by atoms with Gasteiger partial charge in [-0.05, 0) is 30.0 Å². The number of carbonyl (C=O) groups is 1. The van der Waals surface area contributed by atoms with Crippen LogP contribution in [0.5, 0.6) is 0 Å². The Hall–Kier alpha value is -3.38. The number of amides is 1. The molecule has 1 N–H and O–H groups in total. The average molecular weight is 433 g/mol. The number of hydrogen-bond acceptors (Lipinski definition) is 3. The standard InChI is InChI=1S/C25H24N2O3S/c1-27-22-17-9-8-16-21(22)23(20-14-6-3-7-15-20)24(31(27,29)30)25(28)26-18-10-13-19-11-4-2-5-12-19/h2-9,11-12,14-17H,10,13,18H2,1H3,(H,26,28). The molecule has 5 nitrogen and oxygen atoms in total. The molecule has 0 radical (unpaired) electrons. The summed E-state index contributed by atoms with van der Waals surface area (Å²) in [5.41, 5.74) is 3.60. The molecule has 0 aliphatic carbocycles. The van der Waals surface area contributed by atoms with Gasteiger partial charge < -0.3 is 5.32 Å². The Morgan fingerprint density at radius 2 is 1.48 bits per heavy atom. The van der Waals surface area contributed by atoms with E-state index in [2.05, 4.69) is 5.32 Å². The fraction of sp³-hybridized carbons (Fsp3) is 0.160. The SMILES string of the molecule is CN1c2ccccc2C(c2ccccc2)=C(C(=O)NCCCc2ccccc2)S1(=O)=O. The predicted octanol–water partition coefficient (Wildman–Crippen LogP) is 3.97. The zero-order chi connectivity index (χ0) is 21.8. The minimum atomic E-state index is -4.00. The van der Waals surface area contributed by atoms with Crippen LogP contribution in [-0.4, -0.2) is 27.9 Å². The van der Waals surface area contributed by atoms with E-state index in [0.717, 1.165) is 18.4 Å².